The van der Waals surface area contributed by atoms with Crippen molar-refractivity contribution in [1.82, 2.24) is 4.90 Å². The van der Waals surface area contributed by atoms with Crippen LogP contribution in [0.5, 0.6) is 0 Å². The molecule has 0 atom stereocenters. The smallest absolute Gasteiger partial charge is 0.321 e. The minimum atomic E-state index is -0.980. The van der Waals surface area contributed by atoms with Crippen molar-refractivity contribution in [3.8, 4) is 12.1 Å². The van der Waals surface area contributed by atoms with Gasteiger partial charge in [0.1, 0.15) is 12.1 Å². The molecule has 1 aromatic rings. The topological polar surface area (TPSA) is 117 Å². The van der Waals surface area contributed by atoms with E-state index in [9.17, 15) is 9.59 Å². The number of hydrogen-bond acceptors (Lipinski definition) is 4. The van der Waals surface area contributed by atoms with Crippen molar-refractivity contribution in [2.75, 3.05) is 18.4 Å². The molecule has 0 aliphatic carbocycles. The van der Waals surface area contributed by atoms with Crippen molar-refractivity contribution in [2.45, 2.75) is 13.3 Å². The summed E-state index contributed by atoms with van der Waals surface area (Å²) < 4.78 is 0. The highest BCUT2D eigenvalue weighted by Crippen LogP contribution is 2.15. The molecule has 0 unspecified atom stereocenters. The number of benzene rings is 1. The monoisotopic (exact) mass is 286 g/mol. The van der Waals surface area contributed by atoms with Gasteiger partial charge in [0.15, 0.2) is 0 Å². The fourth-order valence-electron chi connectivity index (χ4n) is 1.65. The third-order valence-corrected chi connectivity index (χ3v) is 2.78. The lowest BCUT2D eigenvalue weighted by molar-refractivity contribution is -0.137. The maximum absolute atomic E-state index is 12.0. The van der Waals surface area contributed by atoms with Crippen LogP contribution in [-0.4, -0.2) is 35.1 Å². The second-order valence-electron chi connectivity index (χ2n) is 4.14. The van der Waals surface area contributed by atoms with E-state index in [4.69, 9.17) is 15.6 Å². The molecule has 108 valence electrons. The summed E-state index contributed by atoms with van der Waals surface area (Å²) in [5.74, 6) is -0.980. The quantitative estimate of drug-likeness (QED) is 0.855. The predicted molar refractivity (Wildman–Crippen MR) is 74.4 cm³/mol. The molecule has 1 aromatic carbocycles. The normalized spacial score (nSPS) is 9.29. The Bertz CT molecular complexity index is 628. The van der Waals surface area contributed by atoms with Crippen LogP contribution >= 0.6 is 0 Å². The van der Waals surface area contributed by atoms with Crippen LogP contribution in [0, 0.1) is 22.7 Å². The van der Waals surface area contributed by atoms with Crippen molar-refractivity contribution in [3.05, 3.63) is 29.3 Å². The first-order valence-electron chi connectivity index (χ1n) is 6.23. The van der Waals surface area contributed by atoms with Crippen LogP contribution in [0.4, 0.5) is 10.5 Å². The Morgan fingerprint density at radius 3 is 2.48 bits per heavy atom. The van der Waals surface area contributed by atoms with E-state index in [1.165, 1.54) is 23.1 Å². The molecule has 0 heterocycles. The number of carboxylic acids is 1. The van der Waals surface area contributed by atoms with E-state index >= 15 is 0 Å². The van der Waals surface area contributed by atoms with Crippen LogP contribution in [0.25, 0.3) is 0 Å². The van der Waals surface area contributed by atoms with Gasteiger partial charge >= 0.3 is 12.0 Å². The lowest BCUT2D eigenvalue weighted by Crippen LogP contribution is -2.36. The number of carboxylic acid groups (broad SMARTS) is 1. The summed E-state index contributed by atoms with van der Waals surface area (Å²) in [6, 6.07) is 7.68. The Morgan fingerprint density at radius 1 is 1.29 bits per heavy atom. The van der Waals surface area contributed by atoms with E-state index in [1.807, 2.05) is 12.1 Å². The summed E-state index contributed by atoms with van der Waals surface area (Å²) in [5.41, 5.74) is 0.780. The van der Waals surface area contributed by atoms with Crippen molar-refractivity contribution >= 4 is 17.7 Å². The minimum Gasteiger partial charge on any atom is -0.481 e. The maximum Gasteiger partial charge on any atom is 0.321 e. The van der Waals surface area contributed by atoms with Crippen LogP contribution in [-0.2, 0) is 4.79 Å². The third-order valence-electron chi connectivity index (χ3n) is 2.78. The first-order valence-corrected chi connectivity index (χ1v) is 6.23. The molecule has 0 saturated heterocycles. The number of carbonyl (C=O) groups is 2. The summed E-state index contributed by atoms with van der Waals surface area (Å²) in [7, 11) is 0. The van der Waals surface area contributed by atoms with Gasteiger partial charge in [-0.05, 0) is 25.1 Å². The van der Waals surface area contributed by atoms with E-state index in [-0.39, 0.29) is 24.1 Å². The standard InChI is InChI=1S/C14H14N4O3/c1-2-18(6-5-13(19)20)14(21)17-12-4-3-10(8-15)11(7-12)9-16/h3-4,7H,2,5-6H2,1H3,(H,17,21)(H,19,20). The van der Waals surface area contributed by atoms with Gasteiger partial charge < -0.3 is 15.3 Å². The highest BCUT2D eigenvalue weighted by molar-refractivity contribution is 5.89. The molecule has 2 amide bonds. The molecule has 1 rings (SSSR count). The van der Waals surface area contributed by atoms with Crippen molar-refractivity contribution in [1.29, 1.82) is 10.5 Å². The first-order chi connectivity index (χ1) is 10.0. The molecule has 21 heavy (non-hydrogen) atoms. The molecule has 0 aliphatic heterocycles. The number of anilines is 1. The summed E-state index contributed by atoms with van der Waals surface area (Å²) in [5, 5.41) is 28.9. The largest absolute Gasteiger partial charge is 0.481 e. The van der Waals surface area contributed by atoms with E-state index < -0.39 is 12.0 Å². The van der Waals surface area contributed by atoms with Crippen molar-refractivity contribution in [3.63, 3.8) is 0 Å². The zero-order valence-corrected chi connectivity index (χ0v) is 11.5. The van der Waals surface area contributed by atoms with Crippen LogP contribution < -0.4 is 5.32 Å². The SMILES string of the molecule is CCN(CCC(=O)O)C(=O)Nc1ccc(C#N)c(C#N)c1. The van der Waals surface area contributed by atoms with Gasteiger partial charge in [-0.2, -0.15) is 10.5 Å². The van der Waals surface area contributed by atoms with Crippen LogP contribution in [0.3, 0.4) is 0 Å². The predicted octanol–water partition coefficient (Wildman–Crippen LogP) is 1.76. The average Bonchev–Trinajstić information content (AvgIpc) is 2.47. The Morgan fingerprint density at radius 2 is 1.95 bits per heavy atom. The Labute approximate surface area is 122 Å². The molecule has 0 saturated carbocycles. The number of rotatable bonds is 5. The van der Waals surface area contributed by atoms with Gasteiger partial charge in [-0.25, -0.2) is 4.79 Å². The molecular weight excluding hydrogens is 272 g/mol. The summed E-state index contributed by atoms with van der Waals surface area (Å²) >= 11 is 0. The van der Waals surface area contributed by atoms with E-state index in [0.717, 1.165) is 0 Å². The lowest BCUT2D eigenvalue weighted by Gasteiger charge is -2.20. The maximum atomic E-state index is 12.0. The number of carbonyl (C=O) groups excluding carboxylic acids is 1. The van der Waals surface area contributed by atoms with Gasteiger partial charge in [0, 0.05) is 18.8 Å². The highest BCUT2D eigenvalue weighted by atomic mass is 16.4. The third kappa shape index (κ3) is 4.51. The van der Waals surface area contributed by atoms with Gasteiger partial charge in [-0.15, -0.1) is 0 Å². The van der Waals surface area contributed by atoms with Gasteiger partial charge in [-0.3, -0.25) is 4.79 Å². The lowest BCUT2D eigenvalue weighted by atomic mass is 10.1. The van der Waals surface area contributed by atoms with Gasteiger partial charge in [0.25, 0.3) is 0 Å². The molecule has 0 aromatic heterocycles. The zero-order valence-electron chi connectivity index (χ0n) is 11.5. The van der Waals surface area contributed by atoms with Crippen LogP contribution in [0.1, 0.15) is 24.5 Å². The fourth-order valence-corrected chi connectivity index (χ4v) is 1.65. The molecular formula is C14H14N4O3. The molecule has 7 heteroatoms. The number of amides is 2. The number of hydrogen-bond donors (Lipinski definition) is 2. The van der Waals surface area contributed by atoms with Crippen molar-refractivity contribution in [2.24, 2.45) is 0 Å². The molecule has 2 N–H and O–H groups in total. The number of aliphatic carboxylic acids is 1. The summed E-state index contributed by atoms with van der Waals surface area (Å²) in [6.07, 6.45) is -0.141. The number of nitrogens with one attached hydrogen (secondary N) is 1. The Hall–Kier alpha value is -3.06. The minimum absolute atomic E-state index is 0.0963. The second-order valence-corrected chi connectivity index (χ2v) is 4.14. The van der Waals surface area contributed by atoms with E-state index in [0.29, 0.717) is 12.2 Å². The van der Waals surface area contributed by atoms with Crippen LogP contribution in [0.2, 0.25) is 0 Å². The van der Waals surface area contributed by atoms with Crippen molar-refractivity contribution < 1.29 is 14.7 Å². The van der Waals surface area contributed by atoms with E-state index in [2.05, 4.69) is 5.32 Å². The number of urea groups is 1. The van der Waals surface area contributed by atoms with Gasteiger partial charge in [0.05, 0.1) is 17.5 Å². The Balaban J connectivity index is 2.80. The molecule has 0 fully saturated rings. The molecule has 0 spiro atoms. The number of nitriles is 2. The first kappa shape index (κ1) is 16.0. The summed E-state index contributed by atoms with van der Waals surface area (Å²) in [4.78, 5) is 23.9. The molecule has 7 nitrogen and oxygen atoms in total. The summed E-state index contributed by atoms with van der Waals surface area (Å²) in [6.45, 7) is 2.19. The zero-order chi connectivity index (χ0) is 15.8. The van der Waals surface area contributed by atoms with Gasteiger partial charge in [0.2, 0.25) is 0 Å². The highest BCUT2D eigenvalue weighted by Gasteiger charge is 2.13. The Kier molecular flexibility index (Phi) is 5.72. The molecule has 0 radical (unpaired) electrons. The molecule has 0 aliphatic rings. The van der Waals surface area contributed by atoms with E-state index in [1.54, 1.807) is 6.92 Å². The second kappa shape index (κ2) is 7.51. The fraction of sp³-hybridized carbons (Fsp3) is 0.286. The van der Waals surface area contributed by atoms with Crippen LogP contribution in [0.15, 0.2) is 18.2 Å². The molecule has 0 bridgehead atoms. The number of nitrogens with zero attached hydrogens (tertiary/aromatic N) is 3. The average molecular weight is 286 g/mol. The van der Waals surface area contributed by atoms with Gasteiger partial charge in [-0.1, -0.05) is 0 Å².